The van der Waals surface area contributed by atoms with Crippen LogP contribution in [-0.2, 0) is 13.1 Å². The first-order valence-corrected chi connectivity index (χ1v) is 11.1. The third-order valence-corrected chi connectivity index (χ3v) is 6.48. The number of anilines is 1. The highest BCUT2D eigenvalue weighted by atomic mass is 32.1. The van der Waals surface area contributed by atoms with Gasteiger partial charge in [0.25, 0.3) is 5.56 Å². The van der Waals surface area contributed by atoms with Crippen molar-refractivity contribution in [3.63, 3.8) is 0 Å². The maximum Gasteiger partial charge on any atom is 0.333 e. The zero-order valence-electron chi connectivity index (χ0n) is 17.2. The fourth-order valence-corrected chi connectivity index (χ4v) is 4.91. The van der Waals surface area contributed by atoms with E-state index in [4.69, 9.17) is 4.74 Å². The SMILES string of the molecule is CCCn1c(=O)c2sc(N3CCCCC3)nc2n(Cc2ccc(OC)c(F)c2)c1=O. The molecule has 0 N–H and O–H groups in total. The molecule has 7 nitrogen and oxygen atoms in total. The Hall–Kier alpha value is -2.68. The predicted octanol–water partition coefficient (Wildman–Crippen LogP) is 3.22. The van der Waals surface area contributed by atoms with Crippen LogP contribution in [0, 0.1) is 5.82 Å². The van der Waals surface area contributed by atoms with Crippen LogP contribution in [0.5, 0.6) is 5.75 Å². The third-order valence-electron chi connectivity index (χ3n) is 5.39. The smallest absolute Gasteiger partial charge is 0.333 e. The number of hydrogen-bond acceptors (Lipinski definition) is 6. The number of nitrogens with zero attached hydrogens (tertiary/aromatic N) is 4. The van der Waals surface area contributed by atoms with Crippen LogP contribution < -0.4 is 20.9 Å². The number of methoxy groups -OCH3 is 1. The highest BCUT2D eigenvalue weighted by Gasteiger charge is 2.21. The molecule has 4 rings (SSSR count). The molecule has 1 aliphatic rings. The van der Waals surface area contributed by atoms with Crippen LogP contribution in [0.4, 0.5) is 9.52 Å². The van der Waals surface area contributed by atoms with E-state index in [0.29, 0.717) is 28.9 Å². The predicted molar refractivity (Wildman–Crippen MR) is 117 cm³/mol. The number of rotatable bonds is 6. The van der Waals surface area contributed by atoms with Gasteiger partial charge in [0.15, 0.2) is 22.3 Å². The van der Waals surface area contributed by atoms with Gasteiger partial charge in [-0.05, 0) is 43.4 Å². The molecular weight excluding hydrogens is 407 g/mol. The van der Waals surface area contributed by atoms with Crippen LogP contribution in [0.3, 0.4) is 0 Å². The number of benzene rings is 1. The van der Waals surface area contributed by atoms with E-state index in [9.17, 15) is 14.0 Å². The zero-order valence-corrected chi connectivity index (χ0v) is 18.0. The second-order valence-corrected chi connectivity index (χ2v) is 8.47. The van der Waals surface area contributed by atoms with Crippen molar-refractivity contribution in [2.24, 2.45) is 0 Å². The monoisotopic (exact) mass is 432 g/mol. The second kappa shape index (κ2) is 8.59. The lowest BCUT2D eigenvalue weighted by Crippen LogP contribution is -2.40. The molecule has 0 radical (unpaired) electrons. The first kappa shape index (κ1) is 20.6. The molecule has 1 aromatic carbocycles. The van der Waals surface area contributed by atoms with Gasteiger partial charge in [0.2, 0.25) is 0 Å². The summed E-state index contributed by atoms with van der Waals surface area (Å²) in [6.07, 6.45) is 4.04. The molecule has 3 aromatic rings. The summed E-state index contributed by atoms with van der Waals surface area (Å²) in [6, 6.07) is 4.60. The van der Waals surface area contributed by atoms with Gasteiger partial charge < -0.3 is 9.64 Å². The highest BCUT2D eigenvalue weighted by Crippen LogP contribution is 2.28. The molecule has 0 aliphatic carbocycles. The van der Waals surface area contributed by atoms with E-state index in [0.717, 1.165) is 31.1 Å². The Morgan fingerprint density at radius 1 is 1.17 bits per heavy atom. The molecule has 0 spiro atoms. The number of piperidine rings is 1. The number of fused-ring (bicyclic) bond motifs is 1. The molecule has 0 bridgehead atoms. The molecule has 3 heterocycles. The Bertz CT molecular complexity index is 1180. The average Bonchev–Trinajstić information content (AvgIpc) is 3.21. The minimum Gasteiger partial charge on any atom is -0.494 e. The van der Waals surface area contributed by atoms with Gasteiger partial charge in [-0.1, -0.05) is 24.3 Å². The molecule has 0 atom stereocenters. The Labute approximate surface area is 177 Å². The summed E-state index contributed by atoms with van der Waals surface area (Å²) in [7, 11) is 1.41. The largest absolute Gasteiger partial charge is 0.494 e. The normalized spacial score (nSPS) is 14.4. The Morgan fingerprint density at radius 2 is 1.93 bits per heavy atom. The fraction of sp³-hybridized carbons (Fsp3) is 0.476. The number of hydrogen-bond donors (Lipinski definition) is 0. The minimum atomic E-state index is -0.492. The van der Waals surface area contributed by atoms with E-state index < -0.39 is 11.5 Å². The maximum absolute atomic E-state index is 14.2. The van der Waals surface area contributed by atoms with Crippen molar-refractivity contribution in [2.45, 2.75) is 45.7 Å². The summed E-state index contributed by atoms with van der Waals surface area (Å²) in [6.45, 7) is 4.18. The number of aromatic nitrogens is 3. The van der Waals surface area contributed by atoms with Gasteiger partial charge in [0.05, 0.1) is 13.7 Å². The lowest BCUT2D eigenvalue weighted by atomic mass is 10.1. The van der Waals surface area contributed by atoms with Gasteiger partial charge in [-0.25, -0.2) is 14.2 Å². The summed E-state index contributed by atoms with van der Waals surface area (Å²) >= 11 is 1.34. The van der Waals surface area contributed by atoms with Crippen molar-refractivity contribution in [3.05, 3.63) is 50.4 Å². The molecule has 2 aromatic heterocycles. The molecule has 0 saturated carbocycles. The molecule has 30 heavy (non-hydrogen) atoms. The van der Waals surface area contributed by atoms with E-state index in [-0.39, 0.29) is 17.9 Å². The molecule has 0 amide bonds. The van der Waals surface area contributed by atoms with E-state index in [1.165, 1.54) is 46.1 Å². The van der Waals surface area contributed by atoms with Crippen LogP contribution in [0.1, 0.15) is 38.2 Å². The number of halogens is 1. The van der Waals surface area contributed by atoms with Gasteiger partial charge in [-0.3, -0.25) is 13.9 Å². The van der Waals surface area contributed by atoms with Crippen molar-refractivity contribution >= 4 is 26.8 Å². The van der Waals surface area contributed by atoms with Crippen molar-refractivity contribution in [3.8, 4) is 5.75 Å². The Balaban J connectivity index is 1.85. The third kappa shape index (κ3) is 3.74. The Kier molecular flexibility index (Phi) is 5.90. The van der Waals surface area contributed by atoms with Crippen LogP contribution in [0.2, 0.25) is 0 Å². The van der Waals surface area contributed by atoms with Crippen molar-refractivity contribution < 1.29 is 9.13 Å². The van der Waals surface area contributed by atoms with E-state index in [2.05, 4.69) is 9.88 Å². The summed E-state index contributed by atoms with van der Waals surface area (Å²) in [5, 5.41) is 0.769. The topological polar surface area (TPSA) is 69.4 Å². The summed E-state index contributed by atoms with van der Waals surface area (Å²) in [5.41, 5.74) is 0.265. The van der Waals surface area contributed by atoms with E-state index >= 15 is 0 Å². The van der Waals surface area contributed by atoms with Crippen LogP contribution in [0.25, 0.3) is 10.3 Å². The summed E-state index contributed by atoms with van der Waals surface area (Å²) in [5.74, 6) is -0.346. The van der Waals surface area contributed by atoms with Gasteiger partial charge in [0.1, 0.15) is 4.70 Å². The average molecular weight is 433 g/mol. The second-order valence-electron chi connectivity index (χ2n) is 7.49. The first-order valence-electron chi connectivity index (χ1n) is 10.2. The number of ether oxygens (including phenoxy) is 1. The first-order chi connectivity index (χ1) is 14.5. The zero-order chi connectivity index (χ0) is 21.3. The molecule has 9 heteroatoms. The van der Waals surface area contributed by atoms with Crippen LogP contribution >= 0.6 is 11.3 Å². The van der Waals surface area contributed by atoms with Crippen molar-refractivity contribution in [1.29, 1.82) is 0 Å². The lowest BCUT2D eigenvalue weighted by molar-refractivity contribution is 0.386. The van der Waals surface area contributed by atoms with Crippen LogP contribution in [-0.4, -0.2) is 34.3 Å². The minimum absolute atomic E-state index is 0.128. The molecular formula is C21H25FN4O3S. The summed E-state index contributed by atoms with van der Waals surface area (Å²) < 4.78 is 22.4. The lowest BCUT2D eigenvalue weighted by Gasteiger charge is -2.25. The van der Waals surface area contributed by atoms with Crippen molar-refractivity contribution in [2.75, 3.05) is 25.1 Å². The standard InChI is InChI=1S/C21H25FN4O3S/c1-3-9-25-19(27)17-18(23-20(30-17)24-10-5-4-6-11-24)26(21(25)28)13-14-7-8-16(29-2)15(22)12-14/h7-8,12H,3-6,9-11,13H2,1-2H3. The van der Waals surface area contributed by atoms with Gasteiger partial charge in [-0.2, -0.15) is 0 Å². The molecule has 1 fully saturated rings. The van der Waals surface area contributed by atoms with Crippen molar-refractivity contribution in [1.82, 2.24) is 14.1 Å². The molecule has 1 saturated heterocycles. The van der Waals surface area contributed by atoms with E-state index in [1.54, 1.807) is 6.07 Å². The van der Waals surface area contributed by atoms with Gasteiger partial charge >= 0.3 is 5.69 Å². The summed E-state index contributed by atoms with van der Waals surface area (Å²) in [4.78, 5) is 33.0. The van der Waals surface area contributed by atoms with Gasteiger partial charge in [0, 0.05) is 19.6 Å². The van der Waals surface area contributed by atoms with E-state index in [1.807, 2.05) is 6.92 Å². The number of thiazole rings is 1. The fourth-order valence-electron chi connectivity index (χ4n) is 3.84. The highest BCUT2D eigenvalue weighted by molar-refractivity contribution is 7.22. The van der Waals surface area contributed by atoms with Crippen LogP contribution in [0.15, 0.2) is 27.8 Å². The van der Waals surface area contributed by atoms with Gasteiger partial charge in [-0.15, -0.1) is 0 Å². The molecule has 0 unspecified atom stereocenters. The quantitative estimate of drug-likeness (QED) is 0.598. The molecule has 160 valence electrons. The molecule has 1 aliphatic heterocycles. The Morgan fingerprint density at radius 3 is 2.60 bits per heavy atom. The maximum atomic E-state index is 14.2.